The van der Waals surface area contributed by atoms with E-state index in [-0.39, 0.29) is 11.8 Å². The van der Waals surface area contributed by atoms with Gasteiger partial charge in [-0.05, 0) is 49.3 Å². The molecular formula is C11H11ClN2OS. The number of rotatable bonds is 2. The molecule has 1 aromatic carbocycles. The van der Waals surface area contributed by atoms with Crippen LogP contribution >= 0.6 is 23.8 Å². The van der Waals surface area contributed by atoms with Crippen molar-refractivity contribution in [1.82, 2.24) is 5.32 Å². The average Bonchev–Trinajstić information content (AvgIpc) is 3.04. The van der Waals surface area contributed by atoms with E-state index in [9.17, 15) is 4.79 Å². The van der Waals surface area contributed by atoms with Crippen LogP contribution in [0.25, 0.3) is 0 Å². The van der Waals surface area contributed by atoms with E-state index < -0.39 is 0 Å². The van der Waals surface area contributed by atoms with Gasteiger partial charge in [0.05, 0.1) is 0 Å². The van der Waals surface area contributed by atoms with Gasteiger partial charge in [-0.25, -0.2) is 0 Å². The summed E-state index contributed by atoms with van der Waals surface area (Å²) >= 11 is 10.8. The summed E-state index contributed by atoms with van der Waals surface area (Å²) < 4.78 is 0. The second kappa shape index (κ2) is 4.80. The molecule has 0 unspecified atom stereocenters. The number of hydrogen-bond acceptors (Lipinski definition) is 2. The standard InChI is InChI=1S/C11H11ClN2OS/c12-8-3-5-9(6-4-8)13-11(16)14-10(15)7-1-2-7/h3-7H,1-2H2,(H2,13,14,15,16). The van der Waals surface area contributed by atoms with Crippen LogP contribution in [0, 0.1) is 5.92 Å². The maximum atomic E-state index is 11.4. The van der Waals surface area contributed by atoms with E-state index in [0.717, 1.165) is 18.5 Å². The van der Waals surface area contributed by atoms with Gasteiger partial charge >= 0.3 is 0 Å². The summed E-state index contributed by atoms with van der Waals surface area (Å²) in [6.07, 6.45) is 1.94. The largest absolute Gasteiger partial charge is 0.332 e. The van der Waals surface area contributed by atoms with Crippen LogP contribution in [0.1, 0.15) is 12.8 Å². The summed E-state index contributed by atoms with van der Waals surface area (Å²) in [6.45, 7) is 0. The van der Waals surface area contributed by atoms with Gasteiger partial charge in [0.15, 0.2) is 5.11 Å². The molecular weight excluding hydrogens is 244 g/mol. The molecule has 2 N–H and O–H groups in total. The third-order valence-corrected chi connectivity index (χ3v) is 2.74. The lowest BCUT2D eigenvalue weighted by molar-refractivity contribution is -0.120. The average molecular weight is 255 g/mol. The Morgan fingerprint density at radius 1 is 1.31 bits per heavy atom. The lowest BCUT2D eigenvalue weighted by Gasteiger charge is -2.08. The molecule has 1 aromatic rings. The number of carbonyl (C=O) groups excluding carboxylic acids is 1. The van der Waals surface area contributed by atoms with Crippen LogP contribution in [0.3, 0.4) is 0 Å². The second-order valence-electron chi connectivity index (χ2n) is 3.72. The van der Waals surface area contributed by atoms with Gasteiger partial charge in [0, 0.05) is 16.6 Å². The minimum atomic E-state index is 0.00598. The maximum Gasteiger partial charge on any atom is 0.229 e. The number of anilines is 1. The van der Waals surface area contributed by atoms with E-state index in [4.69, 9.17) is 23.8 Å². The predicted octanol–water partition coefficient (Wildman–Crippen LogP) is 2.56. The number of carbonyl (C=O) groups is 1. The molecule has 1 amide bonds. The van der Waals surface area contributed by atoms with Crippen molar-refractivity contribution < 1.29 is 4.79 Å². The SMILES string of the molecule is O=C(NC(=S)Nc1ccc(Cl)cc1)C1CC1. The fourth-order valence-corrected chi connectivity index (χ4v) is 1.60. The van der Waals surface area contributed by atoms with E-state index >= 15 is 0 Å². The Morgan fingerprint density at radius 2 is 1.94 bits per heavy atom. The number of halogens is 1. The van der Waals surface area contributed by atoms with Crippen molar-refractivity contribution in [2.24, 2.45) is 5.92 Å². The summed E-state index contributed by atoms with van der Waals surface area (Å²) in [5, 5.41) is 6.57. The second-order valence-corrected chi connectivity index (χ2v) is 4.57. The van der Waals surface area contributed by atoms with Gasteiger partial charge in [-0.2, -0.15) is 0 Å². The Morgan fingerprint density at radius 3 is 2.50 bits per heavy atom. The first-order chi connectivity index (χ1) is 7.65. The molecule has 0 atom stereocenters. The van der Waals surface area contributed by atoms with Gasteiger partial charge in [0.25, 0.3) is 0 Å². The lowest BCUT2D eigenvalue weighted by atomic mass is 10.3. The summed E-state index contributed by atoms with van der Waals surface area (Å²) in [4.78, 5) is 11.4. The third-order valence-electron chi connectivity index (χ3n) is 2.29. The van der Waals surface area contributed by atoms with Crippen LogP contribution in [-0.2, 0) is 4.79 Å². The van der Waals surface area contributed by atoms with Crippen LogP contribution in [0.4, 0.5) is 5.69 Å². The monoisotopic (exact) mass is 254 g/mol. The van der Waals surface area contributed by atoms with Gasteiger partial charge in [0.1, 0.15) is 0 Å². The molecule has 0 bridgehead atoms. The van der Waals surface area contributed by atoms with E-state index in [2.05, 4.69) is 10.6 Å². The van der Waals surface area contributed by atoms with E-state index in [1.54, 1.807) is 24.3 Å². The maximum absolute atomic E-state index is 11.4. The van der Waals surface area contributed by atoms with Gasteiger partial charge in [-0.1, -0.05) is 11.6 Å². The smallest absolute Gasteiger partial charge is 0.229 e. The molecule has 16 heavy (non-hydrogen) atoms. The van der Waals surface area contributed by atoms with E-state index in [1.807, 2.05) is 0 Å². The summed E-state index contributed by atoms with van der Waals surface area (Å²) in [5.74, 6) is 0.163. The number of amides is 1. The molecule has 1 fully saturated rings. The topological polar surface area (TPSA) is 41.1 Å². The molecule has 0 heterocycles. The van der Waals surface area contributed by atoms with Gasteiger partial charge < -0.3 is 10.6 Å². The Hall–Kier alpha value is -1.13. The molecule has 0 spiro atoms. The highest BCUT2D eigenvalue weighted by Gasteiger charge is 2.29. The minimum Gasteiger partial charge on any atom is -0.332 e. The van der Waals surface area contributed by atoms with Gasteiger partial charge in [-0.15, -0.1) is 0 Å². The molecule has 0 radical (unpaired) electrons. The van der Waals surface area contributed by atoms with Crippen LogP contribution in [-0.4, -0.2) is 11.0 Å². The van der Waals surface area contributed by atoms with Gasteiger partial charge in [0.2, 0.25) is 5.91 Å². The van der Waals surface area contributed by atoms with Crippen molar-refractivity contribution >= 4 is 40.5 Å². The molecule has 3 nitrogen and oxygen atoms in total. The normalized spacial score (nSPS) is 14.3. The van der Waals surface area contributed by atoms with Crippen molar-refractivity contribution in [3.63, 3.8) is 0 Å². The van der Waals surface area contributed by atoms with Crippen molar-refractivity contribution in [3.05, 3.63) is 29.3 Å². The number of thiocarbonyl (C=S) groups is 1. The molecule has 0 saturated heterocycles. The zero-order valence-electron chi connectivity index (χ0n) is 8.50. The fraction of sp³-hybridized carbons (Fsp3) is 0.273. The van der Waals surface area contributed by atoms with Crippen LogP contribution < -0.4 is 10.6 Å². The molecule has 5 heteroatoms. The van der Waals surface area contributed by atoms with Crippen molar-refractivity contribution in [2.75, 3.05) is 5.32 Å². The zero-order chi connectivity index (χ0) is 11.5. The first-order valence-electron chi connectivity index (χ1n) is 5.02. The van der Waals surface area contributed by atoms with Crippen LogP contribution in [0.2, 0.25) is 5.02 Å². The van der Waals surface area contributed by atoms with Gasteiger partial charge in [-0.3, -0.25) is 4.79 Å². The molecule has 0 aromatic heterocycles. The van der Waals surface area contributed by atoms with Crippen molar-refractivity contribution in [2.45, 2.75) is 12.8 Å². The Kier molecular flexibility index (Phi) is 3.41. The highest BCUT2D eigenvalue weighted by atomic mass is 35.5. The number of benzene rings is 1. The molecule has 0 aliphatic heterocycles. The molecule has 1 aliphatic carbocycles. The highest BCUT2D eigenvalue weighted by molar-refractivity contribution is 7.80. The summed E-state index contributed by atoms with van der Waals surface area (Å²) in [5.41, 5.74) is 0.811. The Bertz CT molecular complexity index is 414. The van der Waals surface area contributed by atoms with Crippen molar-refractivity contribution in [1.29, 1.82) is 0 Å². The predicted molar refractivity (Wildman–Crippen MR) is 68.5 cm³/mol. The molecule has 1 aliphatic rings. The van der Waals surface area contributed by atoms with E-state index in [1.165, 1.54) is 0 Å². The lowest BCUT2D eigenvalue weighted by Crippen LogP contribution is -2.35. The zero-order valence-corrected chi connectivity index (χ0v) is 10.1. The Balaban J connectivity index is 1.86. The first-order valence-corrected chi connectivity index (χ1v) is 5.81. The van der Waals surface area contributed by atoms with Crippen molar-refractivity contribution in [3.8, 4) is 0 Å². The quantitative estimate of drug-likeness (QED) is 0.797. The van der Waals surface area contributed by atoms with Crippen LogP contribution in [0.15, 0.2) is 24.3 Å². The summed E-state index contributed by atoms with van der Waals surface area (Å²) in [6, 6.07) is 7.13. The highest BCUT2D eigenvalue weighted by Crippen LogP contribution is 2.28. The number of hydrogen-bond donors (Lipinski definition) is 2. The minimum absolute atomic E-state index is 0.00598. The molecule has 2 rings (SSSR count). The fourth-order valence-electron chi connectivity index (χ4n) is 1.26. The van der Waals surface area contributed by atoms with Crippen LogP contribution in [0.5, 0.6) is 0 Å². The number of nitrogens with one attached hydrogen (secondary N) is 2. The summed E-state index contributed by atoms with van der Waals surface area (Å²) in [7, 11) is 0. The third kappa shape index (κ3) is 3.18. The first kappa shape index (κ1) is 11.4. The van der Waals surface area contributed by atoms with E-state index in [0.29, 0.717) is 10.1 Å². The Labute approximate surface area is 104 Å². The molecule has 1 saturated carbocycles. The molecule has 84 valence electrons.